The molecule has 0 aliphatic heterocycles. The third-order valence-corrected chi connectivity index (χ3v) is 4.79. The second-order valence-electron chi connectivity index (χ2n) is 7.18. The van der Waals surface area contributed by atoms with E-state index in [0.29, 0.717) is 6.04 Å². The zero-order valence-corrected chi connectivity index (χ0v) is 16.2. The first-order valence-corrected chi connectivity index (χ1v) is 9.82. The number of rotatable bonds is 6. The molecule has 146 valence electrons. The normalized spacial score (nSPS) is 14.6. The average Bonchev–Trinajstić information content (AvgIpc) is 2.69. The van der Waals surface area contributed by atoms with E-state index in [-0.39, 0.29) is 11.8 Å². The van der Waals surface area contributed by atoms with Gasteiger partial charge in [-0.15, -0.1) is 0 Å². The van der Waals surface area contributed by atoms with Gasteiger partial charge in [0.2, 0.25) is 11.8 Å². The minimum absolute atomic E-state index is 0.109. The van der Waals surface area contributed by atoms with Gasteiger partial charge in [-0.25, -0.2) is 0 Å². The van der Waals surface area contributed by atoms with Crippen molar-refractivity contribution in [1.82, 2.24) is 0 Å². The Balaban J connectivity index is 1.49. The van der Waals surface area contributed by atoms with E-state index in [4.69, 9.17) is 0 Å². The van der Waals surface area contributed by atoms with Gasteiger partial charge in [0, 0.05) is 36.1 Å². The second-order valence-corrected chi connectivity index (χ2v) is 7.18. The Kier molecular flexibility index (Phi) is 6.84. The van der Waals surface area contributed by atoms with Crippen LogP contribution < -0.4 is 16.0 Å². The van der Waals surface area contributed by atoms with Crippen molar-refractivity contribution in [3.05, 3.63) is 60.2 Å². The molecule has 1 fully saturated rings. The Morgan fingerprint density at radius 2 is 1.39 bits per heavy atom. The maximum atomic E-state index is 12.1. The number of anilines is 3. The van der Waals surface area contributed by atoms with Crippen LogP contribution in [0.25, 0.3) is 6.08 Å². The molecule has 0 aromatic heterocycles. The third kappa shape index (κ3) is 6.27. The highest BCUT2D eigenvalue weighted by molar-refractivity contribution is 6.02. The van der Waals surface area contributed by atoms with Crippen LogP contribution in [0.1, 0.15) is 44.6 Å². The first-order valence-electron chi connectivity index (χ1n) is 9.82. The Morgan fingerprint density at radius 3 is 2.04 bits per heavy atom. The number of carbonyl (C=O) groups excluding carboxylic acids is 2. The number of nitrogens with one attached hydrogen (secondary N) is 3. The lowest BCUT2D eigenvalue weighted by molar-refractivity contribution is -0.114. The van der Waals surface area contributed by atoms with Gasteiger partial charge in [-0.05, 0) is 60.9 Å². The molecule has 2 aromatic rings. The molecular weight excluding hydrogens is 350 g/mol. The maximum Gasteiger partial charge on any atom is 0.248 e. The predicted octanol–water partition coefficient (Wildman–Crippen LogP) is 5.04. The Hall–Kier alpha value is -3.08. The quantitative estimate of drug-likeness (QED) is 0.618. The van der Waals surface area contributed by atoms with Crippen LogP contribution in [0, 0.1) is 0 Å². The molecule has 1 saturated carbocycles. The molecule has 5 nitrogen and oxygen atoms in total. The lowest BCUT2D eigenvalue weighted by Gasteiger charge is -2.23. The number of hydrogen-bond donors (Lipinski definition) is 3. The van der Waals surface area contributed by atoms with Gasteiger partial charge < -0.3 is 16.0 Å². The van der Waals surface area contributed by atoms with Crippen LogP contribution >= 0.6 is 0 Å². The van der Waals surface area contributed by atoms with Crippen LogP contribution in [-0.2, 0) is 9.59 Å². The number of amides is 2. The van der Waals surface area contributed by atoms with Crippen LogP contribution in [-0.4, -0.2) is 17.9 Å². The van der Waals surface area contributed by atoms with Gasteiger partial charge in [-0.1, -0.05) is 31.4 Å². The van der Waals surface area contributed by atoms with Crippen molar-refractivity contribution in [2.45, 2.75) is 45.1 Å². The summed E-state index contributed by atoms with van der Waals surface area (Å²) in [6.07, 6.45) is 9.65. The molecular formula is C23H27N3O2. The number of hydrogen-bond acceptors (Lipinski definition) is 3. The minimum Gasteiger partial charge on any atom is -0.382 e. The van der Waals surface area contributed by atoms with Crippen LogP contribution in [0.15, 0.2) is 54.6 Å². The van der Waals surface area contributed by atoms with Gasteiger partial charge in [0.1, 0.15) is 0 Å². The summed E-state index contributed by atoms with van der Waals surface area (Å²) in [5, 5.41) is 9.15. The molecule has 5 heteroatoms. The molecule has 0 unspecified atom stereocenters. The van der Waals surface area contributed by atoms with Crippen molar-refractivity contribution in [3.8, 4) is 0 Å². The molecule has 1 aliphatic carbocycles. The minimum atomic E-state index is -0.182. The summed E-state index contributed by atoms with van der Waals surface area (Å²) in [5.74, 6) is -0.290. The van der Waals surface area contributed by atoms with E-state index in [0.717, 1.165) is 22.6 Å². The van der Waals surface area contributed by atoms with Crippen LogP contribution in [0.3, 0.4) is 0 Å². The van der Waals surface area contributed by atoms with Gasteiger partial charge in [-0.3, -0.25) is 9.59 Å². The molecule has 0 saturated heterocycles. The molecule has 28 heavy (non-hydrogen) atoms. The molecule has 0 bridgehead atoms. The highest BCUT2D eigenvalue weighted by atomic mass is 16.2. The fourth-order valence-corrected chi connectivity index (χ4v) is 3.37. The lowest BCUT2D eigenvalue weighted by atomic mass is 9.95. The zero-order valence-electron chi connectivity index (χ0n) is 16.2. The second kappa shape index (κ2) is 9.74. The van der Waals surface area contributed by atoms with Crippen LogP contribution in [0.2, 0.25) is 0 Å². The highest BCUT2D eigenvalue weighted by Gasteiger charge is 2.12. The molecule has 2 aromatic carbocycles. The predicted molar refractivity (Wildman–Crippen MR) is 115 cm³/mol. The largest absolute Gasteiger partial charge is 0.382 e. The molecule has 0 radical (unpaired) electrons. The van der Waals surface area contributed by atoms with Crippen molar-refractivity contribution in [2.75, 3.05) is 16.0 Å². The first kappa shape index (κ1) is 19.7. The smallest absolute Gasteiger partial charge is 0.248 e. The monoisotopic (exact) mass is 377 g/mol. The van der Waals surface area contributed by atoms with E-state index in [2.05, 4.69) is 16.0 Å². The summed E-state index contributed by atoms with van der Waals surface area (Å²) < 4.78 is 0. The van der Waals surface area contributed by atoms with Crippen LogP contribution in [0.5, 0.6) is 0 Å². The summed E-state index contributed by atoms with van der Waals surface area (Å²) in [6, 6.07) is 15.7. The van der Waals surface area contributed by atoms with Crippen molar-refractivity contribution < 1.29 is 9.59 Å². The maximum absolute atomic E-state index is 12.1. The van der Waals surface area contributed by atoms with Crippen LogP contribution in [0.4, 0.5) is 17.1 Å². The van der Waals surface area contributed by atoms with Gasteiger partial charge in [-0.2, -0.15) is 0 Å². The van der Waals surface area contributed by atoms with Crippen molar-refractivity contribution in [1.29, 1.82) is 0 Å². The van der Waals surface area contributed by atoms with Crippen molar-refractivity contribution in [3.63, 3.8) is 0 Å². The number of benzene rings is 2. The molecule has 2 amide bonds. The summed E-state index contributed by atoms with van der Waals surface area (Å²) in [4.78, 5) is 23.2. The van der Waals surface area contributed by atoms with E-state index >= 15 is 0 Å². The Bertz CT molecular complexity index is 820. The Morgan fingerprint density at radius 1 is 0.821 bits per heavy atom. The summed E-state index contributed by atoms with van der Waals surface area (Å²) in [6.45, 7) is 1.47. The van der Waals surface area contributed by atoms with Crippen molar-refractivity contribution >= 4 is 35.0 Å². The Labute approximate surface area is 166 Å². The highest BCUT2D eigenvalue weighted by Crippen LogP contribution is 2.22. The molecule has 3 N–H and O–H groups in total. The zero-order chi connectivity index (χ0) is 19.8. The number of carbonyl (C=O) groups is 2. The molecule has 1 aliphatic rings. The fourth-order valence-electron chi connectivity index (χ4n) is 3.37. The van der Waals surface area contributed by atoms with E-state index in [9.17, 15) is 9.59 Å². The fraction of sp³-hybridized carbons (Fsp3) is 0.304. The van der Waals surface area contributed by atoms with Gasteiger partial charge >= 0.3 is 0 Å². The van der Waals surface area contributed by atoms with Crippen molar-refractivity contribution in [2.24, 2.45) is 0 Å². The van der Waals surface area contributed by atoms with Gasteiger partial charge in [0.15, 0.2) is 0 Å². The van der Waals surface area contributed by atoms with Gasteiger partial charge in [0.05, 0.1) is 0 Å². The molecule has 0 atom stereocenters. The summed E-state index contributed by atoms with van der Waals surface area (Å²) in [7, 11) is 0. The standard InChI is InChI=1S/C23H27N3O2/c1-17(27)24-20-10-7-18(8-11-20)9-16-23(28)26-22-14-12-21(13-15-22)25-19-5-3-2-4-6-19/h7-16,19,25H,2-6H2,1H3,(H,24,27)(H,26,28)/b16-9+. The lowest BCUT2D eigenvalue weighted by Crippen LogP contribution is -2.22. The topological polar surface area (TPSA) is 70.2 Å². The van der Waals surface area contributed by atoms with E-state index in [1.807, 2.05) is 36.4 Å². The van der Waals surface area contributed by atoms with E-state index < -0.39 is 0 Å². The molecule has 0 spiro atoms. The molecule has 0 heterocycles. The summed E-state index contributed by atoms with van der Waals surface area (Å²) >= 11 is 0. The first-order chi connectivity index (χ1) is 13.6. The third-order valence-electron chi connectivity index (χ3n) is 4.79. The van der Waals surface area contributed by atoms with Gasteiger partial charge in [0.25, 0.3) is 0 Å². The molecule has 3 rings (SSSR count). The summed E-state index contributed by atoms with van der Waals surface area (Å²) in [5.41, 5.74) is 3.48. The average molecular weight is 377 g/mol. The SMILES string of the molecule is CC(=O)Nc1ccc(/C=C/C(=O)Nc2ccc(NC3CCCCC3)cc2)cc1. The van der Waals surface area contributed by atoms with E-state index in [1.165, 1.54) is 45.1 Å². The van der Waals surface area contributed by atoms with E-state index in [1.54, 1.807) is 18.2 Å².